The molecule has 92 valence electrons. The van der Waals surface area contributed by atoms with Crippen molar-refractivity contribution in [3.05, 3.63) is 29.6 Å². The molecule has 1 saturated heterocycles. The van der Waals surface area contributed by atoms with Gasteiger partial charge >= 0.3 is 0 Å². The van der Waals surface area contributed by atoms with Gasteiger partial charge in [-0.1, -0.05) is 0 Å². The Bertz CT molecular complexity index is 431. The Labute approximate surface area is 106 Å². The van der Waals surface area contributed by atoms with Crippen LogP contribution in [0.25, 0.3) is 0 Å². The summed E-state index contributed by atoms with van der Waals surface area (Å²) in [6.45, 7) is 3.19. The molecule has 17 heavy (non-hydrogen) atoms. The van der Waals surface area contributed by atoms with Crippen LogP contribution in [0.2, 0.25) is 0 Å². The molecule has 1 amide bonds. The predicted molar refractivity (Wildman–Crippen MR) is 67.1 cm³/mol. The van der Waals surface area contributed by atoms with Gasteiger partial charge in [-0.3, -0.25) is 4.79 Å². The van der Waals surface area contributed by atoms with Crippen LogP contribution in [0, 0.1) is 5.82 Å². The van der Waals surface area contributed by atoms with Gasteiger partial charge in [-0.05, 0) is 25.2 Å². The van der Waals surface area contributed by atoms with Crippen LogP contribution in [0.15, 0.2) is 23.1 Å². The van der Waals surface area contributed by atoms with Gasteiger partial charge in [0.05, 0.1) is 0 Å². The van der Waals surface area contributed by atoms with E-state index in [9.17, 15) is 9.18 Å². The number of thiol groups is 1. The van der Waals surface area contributed by atoms with Gasteiger partial charge < -0.3 is 9.80 Å². The standard InChI is InChI=1S/C12H15FN2OS/c1-14-4-6-15(7-5-14)12(16)9-2-3-10(13)11(17)8-9/h2-3,8,17H,4-7H2,1H3. The number of carbonyl (C=O) groups is 1. The second-order valence-electron chi connectivity index (χ2n) is 4.26. The Balaban J connectivity index is 2.11. The number of amides is 1. The topological polar surface area (TPSA) is 23.6 Å². The first-order valence-electron chi connectivity index (χ1n) is 5.54. The third kappa shape index (κ3) is 2.79. The number of halogens is 1. The Kier molecular flexibility index (Phi) is 3.69. The second kappa shape index (κ2) is 5.06. The predicted octanol–water partition coefficient (Wildman–Crippen LogP) is 1.50. The molecule has 1 aliphatic rings. The molecule has 0 spiro atoms. The van der Waals surface area contributed by atoms with E-state index < -0.39 is 5.82 Å². The summed E-state index contributed by atoms with van der Waals surface area (Å²) in [5.41, 5.74) is 0.501. The number of rotatable bonds is 1. The summed E-state index contributed by atoms with van der Waals surface area (Å²) in [5.74, 6) is -0.448. The molecule has 1 aliphatic heterocycles. The Morgan fingerprint density at radius 1 is 1.29 bits per heavy atom. The highest BCUT2D eigenvalue weighted by atomic mass is 32.1. The maximum atomic E-state index is 13.0. The molecule has 1 aromatic carbocycles. The van der Waals surface area contributed by atoms with E-state index >= 15 is 0 Å². The minimum Gasteiger partial charge on any atom is -0.336 e. The first-order valence-corrected chi connectivity index (χ1v) is 5.99. The van der Waals surface area contributed by atoms with Gasteiger partial charge in [0.25, 0.3) is 5.91 Å². The molecule has 0 radical (unpaired) electrons. The Hall–Kier alpha value is -1.07. The van der Waals surface area contributed by atoms with E-state index in [1.54, 1.807) is 4.90 Å². The summed E-state index contributed by atoms with van der Waals surface area (Å²) in [6, 6.07) is 4.28. The minimum atomic E-state index is -0.400. The summed E-state index contributed by atoms with van der Waals surface area (Å²) < 4.78 is 13.0. The maximum absolute atomic E-state index is 13.0. The summed E-state index contributed by atoms with van der Waals surface area (Å²) in [7, 11) is 2.03. The molecule has 5 heteroatoms. The van der Waals surface area contributed by atoms with Gasteiger partial charge in [-0.25, -0.2) is 4.39 Å². The van der Waals surface area contributed by atoms with Crippen LogP contribution >= 0.6 is 12.6 Å². The van der Waals surface area contributed by atoms with Crippen molar-refractivity contribution in [3.8, 4) is 0 Å². The fourth-order valence-corrected chi connectivity index (χ4v) is 2.05. The van der Waals surface area contributed by atoms with Crippen molar-refractivity contribution in [2.75, 3.05) is 33.2 Å². The quantitative estimate of drug-likeness (QED) is 0.768. The highest BCUT2D eigenvalue weighted by molar-refractivity contribution is 7.80. The van der Waals surface area contributed by atoms with Crippen LogP contribution in [0.5, 0.6) is 0 Å². The van der Waals surface area contributed by atoms with Crippen LogP contribution in [0.1, 0.15) is 10.4 Å². The lowest BCUT2D eigenvalue weighted by atomic mass is 10.2. The Morgan fingerprint density at radius 3 is 2.53 bits per heavy atom. The van der Waals surface area contributed by atoms with Crippen LogP contribution in [0.4, 0.5) is 4.39 Å². The van der Waals surface area contributed by atoms with E-state index in [-0.39, 0.29) is 10.8 Å². The monoisotopic (exact) mass is 254 g/mol. The molecule has 0 N–H and O–H groups in total. The third-order valence-electron chi connectivity index (χ3n) is 2.98. The lowest BCUT2D eigenvalue weighted by Crippen LogP contribution is -2.47. The largest absolute Gasteiger partial charge is 0.336 e. The zero-order chi connectivity index (χ0) is 12.4. The van der Waals surface area contributed by atoms with Crippen molar-refractivity contribution in [2.24, 2.45) is 0 Å². The smallest absolute Gasteiger partial charge is 0.253 e. The molecule has 0 saturated carbocycles. The fourth-order valence-electron chi connectivity index (χ4n) is 1.84. The van der Waals surface area contributed by atoms with Gasteiger partial charge in [0.2, 0.25) is 0 Å². The maximum Gasteiger partial charge on any atom is 0.253 e. The van der Waals surface area contributed by atoms with Crippen molar-refractivity contribution in [1.82, 2.24) is 9.80 Å². The molecular weight excluding hydrogens is 239 g/mol. The molecule has 0 bridgehead atoms. The molecule has 0 atom stereocenters. The van der Waals surface area contributed by atoms with Crippen LogP contribution in [0.3, 0.4) is 0 Å². The van der Waals surface area contributed by atoms with E-state index in [1.165, 1.54) is 18.2 Å². The molecule has 2 rings (SSSR count). The summed E-state index contributed by atoms with van der Waals surface area (Å²) in [4.78, 5) is 16.3. The zero-order valence-electron chi connectivity index (χ0n) is 9.69. The Morgan fingerprint density at radius 2 is 1.94 bits per heavy atom. The van der Waals surface area contributed by atoms with Crippen LogP contribution in [-0.4, -0.2) is 48.9 Å². The zero-order valence-corrected chi connectivity index (χ0v) is 10.6. The van der Waals surface area contributed by atoms with Crippen molar-refractivity contribution < 1.29 is 9.18 Å². The molecule has 1 fully saturated rings. The molecule has 0 aliphatic carbocycles. The fraction of sp³-hybridized carbons (Fsp3) is 0.417. The lowest BCUT2D eigenvalue weighted by molar-refractivity contribution is 0.0664. The van der Waals surface area contributed by atoms with Crippen LogP contribution < -0.4 is 0 Å². The summed E-state index contributed by atoms with van der Waals surface area (Å²) in [6.07, 6.45) is 0. The SMILES string of the molecule is CN1CCN(C(=O)c2ccc(F)c(S)c2)CC1. The van der Waals surface area contributed by atoms with Gasteiger partial charge in [0, 0.05) is 36.6 Å². The van der Waals surface area contributed by atoms with E-state index in [1.807, 2.05) is 7.05 Å². The van der Waals surface area contributed by atoms with Gasteiger partial charge in [-0.2, -0.15) is 0 Å². The number of benzene rings is 1. The van der Waals surface area contributed by atoms with E-state index in [4.69, 9.17) is 0 Å². The molecule has 0 aromatic heterocycles. The first kappa shape index (κ1) is 12.4. The first-order chi connectivity index (χ1) is 8.08. The average Bonchev–Trinajstić information content (AvgIpc) is 2.33. The molecule has 1 aromatic rings. The average molecular weight is 254 g/mol. The highest BCUT2D eigenvalue weighted by Gasteiger charge is 2.20. The molecule has 0 unspecified atom stereocenters. The van der Waals surface area contributed by atoms with Crippen molar-refractivity contribution in [1.29, 1.82) is 0 Å². The highest BCUT2D eigenvalue weighted by Crippen LogP contribution is 2.16. The summed E-state index contributed by atoms with van der Waals surface area (Å²) in [5, 5.41) is 0. The normalized spacial score (nSPS) is 17.2. The number of nitrogens with zero attached hydrogens (tertiary/aromatic N) is 2. The van der Waals surface area contributed by atoms with Gasteiger partial charge in [0.1, 0.15) is 5.82 Å². The molecule has 3 nitrogen and oxygen atoms in total. The van der Waals surface area contributed by atoms with E-state index in [2.05, 4.69) is 17.5 Å². The lowest BCUT2D eigenvalue weighted by Gasteiger charge is -2.32. The number of likely N-dealkylation sites (N-methyl/N-ethyl adjacent to an activating group) is 1. The van der Waals surface area contributed by atoms with Gasteiger partial charge in [-0.15, -0.1) is 12.6 Å². The van der Waals surface area contributed by atoms with Crippen molar-refractivity contribution >= 4 is 18.5 Å². The molecular formula is C12H15FN2OS. The van der Waals surface area contributed by atoms with Gasteiger partial charge in [0.15, 0.2) is 0 Å². The second-order valence-corrected chi connectivity index (χ2v) is 4.74. The van der Waals surface area contributed by atoms with Crippen molar-refractivity contribution in [3.63, 3.8) is 0 Å². The van der Waals surface area contributed by atoms with E-state index in [0.29, 0.717) is 18.7 Å². The number of hydrogen-bond acceptors (Lipinski definition) is 3. The van der Waals surface area contributed by atoms with E-state index in [0.717, 1.165) is 13.1 Å². The minimum absolute atomic E-state index is 0.0478. The number of piperazine rings is 1. The molecule has 1 heterocycles. The van der Waals surface area contributed by atoms with Crippen molar-refractivity contribution in [2.45, 2.75) is 4.90 Å². The number of carbonyl (C=O) groups excluding carboxylic acids is 1. The summed E-state index contributed by atoms with van der Waals surface area (Å²) >= 11 is 3.99. The van der Waals surface area contributed by atoms with Crippen LogP contribution in [-0.2, 0) is 0 Å². The third-order valence-corrected chi connectivity index (χ3v) is 3.33. The number of hydrogen-bond donors (Lipinski definition) is 1.